The second kappa shape index (κ2) is 6.94. The quantitative estimate of drug-likeness (QED) is 0.664. The van der Waals surface area contributed by atoms with Crippen LogP contribution in [0, 0.1) is 5.92 Å². The summed E-state index contributed by atoms with van der Waals surface area (Å²) in [6, 6.07) is 0. The predicted octanol–water partition coefficient (Wildman–Crippen LogP) is 2.27. The lowest BCUT2D eigenvalue weighted by atomic mass is 10.1. The second-order valence-electron chi connectivity index (χ2n) is 4.48. The summed E-state index contributed by atoms with van der Waals surface area (Å²) in [7, 11) is 0. The van der Waals surface area contributed by atoms with E-state index in [4.69, 9.17) is 5.73 Å². The SMILES string of the molecule is C=C(/C=C(\C=C/N)CCC)CNC(=O)C1CC1. The molecule has 1 aliphatic rings. The first-order chi connectivity index (χ1) is 8.17. The number of nitrogens with two attached hydrogens (primary N) is 1. The fourth-order valence-corrected chi connectivity index (χ4v) is 1.62. The molecule has 0 aliphatic heterocycles. The number of allylic oxidation sites excluding steroid dienone is 2. The molecule has 1 fully saturated rings. The molecule has 1 rings (SSSR count). The van der Waals surface area contributed by atoms with Gasteiger partial charge in [0.25, 0.3) is 0 Å². The van der Waals surface area contributed by atoms with Gasteiger partial charge in [-0.25, -0.2) is 0 Å². The minimum Gasteiger partial charge on any atom is -0.405 e. The van der Waals surface area contributed by atoms with Gasteiger partial charge in [0, 0.05) is 12.5 Å². The van der Waals surface area contributed by atoms with Crippen LogP contribution in [0.2, 0.25) is 0 Å². The molecule has 3 nitrogen and oxygen atoms in total. The van der Waals surface area contributed by atoms with E-state index in [1.807, 2.05) is 12.2 Å². The van der Waals surface area contributed by atoms with Gasteiger partial charge in [-0.3, -0.25) is 4.79 Å². The Hall–Kier alpha value is -1.51. The maximum atomic E-state index is 11.4. The summed E-state index contributed by atoms with van der Waals surface area (Å²) in [5.74, 6) is 0.414. The van der Waals surface area contributed by atoms with Crippen LogP contribution < -0.4 is 11.1 Å². The molecule has 0 aromatic heterocycles. The first kappa shape index (κ1) is 13.6. The van der Waals surface area contributed by atoms with E-state index >= 15 is 0 Å². The molecule has 1 aliphatic carbocycles. The standard InChI is InChI=1S/C14H22N2O/c1-3-4-12(7-8-15)9-11(2)10-16-14(17)13-5-6-13/h7-9,13H,2-6,10,15H2,1H3,(H,16,17)/b8-7-,12-9-. The molecule has 0 atom stereocenters. The fourth-order valence-electron chi connectivity index (χ4n) is 1.62. The van der Waals surface area contributed by atoms with E-state index in [2.05, 4.69) is 18.8 Å². The highest BCUT2D eigenvalue weighted by Crippen LogP contribution is 2.28. The molecule has 0 spiro atoms. The highest BCUT2D eigenvalue weighted by Gasteiger charge is 2.29. The number of carbonyl (C=O) groups is 1. The lowest BCUT2D eigenvalue weighted by Gasteiger charge is -2.05. The number of hydrogen-bond donors (Lipinski definition) is 2. The van der Waals surface area contributed by atoms with Crippen molar-refractivity contribution in [1.82, 2.24) is 5.32 Å². The van der Waals surface area contributed by atoms with Crippen LogP contribution in [0.25, 0.3) is 0 Å². The van der Waals surface area contributed by atoms with Gasteiger partial charge in [0.2, 0.25) is 5.91 Å². The molecular weight excluding hydrogens is 212 g/mol. The molecule has 0 unspecified atom stereocenters. The van der Waals surface area contributed by atoms with E-state index in [1.165, 1.54) is 6.20 Å². The summed E-state index contributed by atoms with van der Waals surface area (Å²) in [5, 5.41) is 2.90. The van der Waals surface area contributed by atoms with Crippen LogP contribution in [0.1, 0.15) is 32.6 Å². The Labute approximate surface area is 103 Å². The number of carbonyl (C=O) groups excluding carboxylic acids is 1. The van der Waals surface area contributed by atoms with Crippen molar-refractivity contribution in [1.29, 1.82) is 0 Å². The summed E-state index contributed by atoms with van der Waals surface area (Å²) in [6.45, 7) is 6.59. The van der Waals surface area contributed by atoms with Crippen molar-refractivity contribution in [3.05, 3.63) is 36.1 Å². The average Bonchev–Trinajstić information content (AvgIpc) is 3.10. The number of nitrogens with one attached hydrogen (secondary N) is 1. The van der Waals surface area contributed by atoms with Crippen molar-refractivity contribution in [2.24, 2.45) is 11.7 Å². The predicted molar refractivity (Wildman–Crippen MR) is 71.2 cm³/mol. The van der Waals surface area contributed by atoms with Gasteiger partial charge in [-0.1, -0.05) is 26.0 Å². The van der Waals surface area contributed by atoms with E-state index in [1.54, 1.807) is 0 Å². The summed E-state index contributed by atoms with van der Waals surface area (Å²) in [5.41, 5.74) is 7.46. The van der Waals surface area contributed by atoms with Gasteiger partial charge in [0.1, 0.15) is 0 Å². The largest absolute Gasteiger partial charge is 0.405 e. The number of hydrogen-bond acceptors (Lipinski definition) is 2. The third-order valence-corrected chi connectivity index (χ3v) is 2.68. The van der Waals surface area contributed by atoms with E-state index in [0.717, 1.165) is 36.8 Å². The molecule has 0 saturated heterocycles. The van der Waals surface area contributed by atoms with Crippen molar-refractivity contribution in [3.63, 3.8) is 0 Å². The smallest absolute Gasteiger partial charge is 0.223 e. The van der Waals surface area contributed by atoms with Gasteiger partial charge in [-0.05, 0) is 42.7 Å². The van der Waals surface area contributed by atoms with Gasteiger partial charge < -0.3 is 11.1 Å². The molecule has 17 heavy (non-hydrogen) atoms. The molecular formula is C14H22N2O. The normalized spacial score (nSPS) is 16.2. The molecule has 0 heterocycles. The maximum Gasteiger partial charge on any atom is 0.223 e. The van der Waals surface area contributed by atoms with E-state index in [-0.39, 0.29) is 11.8 Å². The highest BCUT2D eigenvalue weighted by atomic mass is 16.2. The first-order valence-corrected chi connectivity index (χ1v) is 6.21. The van der Waals surface area contributed by atoms with Crippen molar-refractivity contribution in [2.45, 2.75) is 32.6 Å². The summed E-state index contributed by atoms with van der Waals surface area (Å²) < 4.78 is 0. The van der Waals surface area contributed by atoms with Crippen molar-refractivity contribution >= 4 is 5.91 Å². The monoisotopic (exact) mass is 234 g/mol. The Balaban J connectivity index is 2.38. The van der Waals surface area contributed by atoms with Gasteiger partial charge in [-0.15, -0.1) is 0 Å². The molecule has 3 heteroatoms. The van der Waals surface area contributed by atoms with E-state index in [0.29, 0.717) is 6.54 Å². The van der Waals surface area contributed by atoms with Crippen LogP contribution in [0.15, 0.2) is 36.1 Å². The Kier molecular flexibility index (Phi) is 5.53. The topological polar surface area (TPSA) is 55.1 Å². The molecule has 0 radical (unpaired) electrons. The van der Waals surface area contributed by atoms with Crippen LogP contribution >= 0.6 is 0 Å². The summed E-state index contributed by atoms with van der Waals surface area (Å²) in [4.78, 5) is 11.4. The molecule has 0 aromatic rings. The van der Waals surface area contributed by atoms with E-state index in [9.17, 15) is 4.79 Å². The summed E-state index contributed by atoms with van der Waals surface area (Å²) >= 11 is 0. The number of rotatable bonds is 7. The van der Waals surface area contributed by atoms with Crippen molar-refractivity contribution in [2.75, 3.05) is 6.54 Å². The molecule has 0 bridgehead atoms. The molecule has 94 valence electrons. The van der Waals surface area contributed by atoms with Gasteiger partial charge >= 0.3 is 0 Å². The van der Waals surface area contributed by atoms with Gasteiger partial charge in [0.15, 0.2) is 0 Å². The van der Waals surface area contributed by atoms with E-state index < -0.39 is 0 Å². The van der Waals surface area contributed by atoms with Crippen LogP contribution in [0.4, 0.5) is 0 Å². The van der Waals surface area contributed by atoms with Crippen LogP contribution in [0.5, 0.6) is 0 Å². The molecule has 1 saturated carbocycles. The minimum atomic E-state index is 0.158. The third kappa shape index (κ3) is 5.38. The molecule has 1 amide bonds. The second-order valence-corrected chi connectivity index (χ2v) is 4.48. The van der Waals surface area contributed by atoms with Crippen LogP contribution in [0.3, 0.4) is 0 Å². The Bertz CT molecular complexity index is 338. The van der Waals surface area contributed by atoms with Gasteiger partial charge in [-0.2, -0.15) is 0 Å². The fraction of sp³-hybridized carbons (Fsp3) is 0.500. The van der Waals surface area contributed by atoms with Crippen molar-refractivity contribution < 1.29 is 4.79 Å². The zero-order chi connectivity index (χ0) is 12.7. The maximum absolute atomic E-state index is 11.4. The lowest BCUT2D eigenvalue weighted by Crippen LogP contribution is -2.26. The minimum absolute atomic E-state index is 0.158. The Morgan fingerprint density at radius 3 is 2.76 bits per heavy atom. The zero-order valence-corrected chi connectivity index (χ0v) is 10.5. The molecule has 3 N–H and O–H groups in total. The number of amides is 1. The molecule has 0 aromatic carbocycles. The van der Waals surface area contributed by atoms with Crippen molar-refractivity contribution in [3.8, 4) is 0 Å². The Morgan fingerprint density at radius 2 is 2.24 bits per heavy atom. The highest BCUT2D eigenvalue weighted by molar-refractivity contribution is 5.81. The van der Waals surface area contributed by atoms with Gasteiger partial charge in [0.05, 0.1) is 0 Å². The summed E-state index contributed by atoms with van der Waals surface area (Å²) in [6.07, 6.45) is 9.53. The zero-order valence-electron chi connectivity index (χ0n) is 10.5. The lowest BCUT2D eigenvalue weighted by molar-refractivity contribution is -0.122. The van der Waals surface area contributed by atoms with Crippen LogP contribution in [-0.2, 0) is 4.79 Å². The Morgan fingerprint density at radius 1 is 1.53 bits per heavy atom. The third-order valence-electron chi connectivity index (χ3n) is 2.68. The van der Waals surface area contributed by atoms with Crippen LogP contribution in [-0.4, -0.2) is 12.5 Å². The average molecular weight is 234 g/mol. The first-order valence-electron chi connectivity index (χ1n) is 6.21.